The molecule has 0 atom stereocenters. The van der Waals surface area contributed by atoms with Crippen molar-refractivity contribution in [3.8, 4) is 0 Å². The molecule has 1 aliphatic rings. The van der Waals surface area contributed by atoms with Crippen LogP contribution in [-0.4, -0.2) is 23.4 Å². The van der Waals surface area contributed by atoms with E-state index in [1.807, 2.05) is 25.1 Å². The fourth-order valence-corrected chi connectivity index (χ4v) is 3.16. The molecule has 3 N–H and O–H groups in total. The molecule has 1 saturated carbocycles. The summed E-state index contributed by atoms with van der Waals surface area (Å²) in [6, 6.07) is 6.08. The van der Waals surface area contributed by atoms with Gasteiger partial charge in [-0.25, -0.2) is 0 Å². The van der Waals surface area contributed by atoms with E-state index in [0.717, 1.165) is 36.2 Å². The van der Waals surface area contributed by atoms with Crippen LogP contribution in [0, 0.1) is 12.8 Å². The highest BCUT2D eigenvalue weighted by Gasteiger charge is 2.28. The summed E-state index contributed by atoms with van der Waals surface area (Å²) >= 11 is 0. The van der Waals surface area contributed by atoms with E-state index in [4.69, 9.17) is 5.84 Å². The van der Waals surface area contributed by atoms with Crippen molar-refractivity contribution >= 4 is 11.6 Å². The van der Waals surface area contributed by atoms with Gasteiger partial charge in [0.25, 0.3) is 5.91 Å². The second-order valence-electron chi connectivity index (χ2n) is 6.46. The van der Waals surface area contributed by atoms with Gasteiger partial charge in [0.15, 0.2) is 0 Å². The van der Waals surface area contributed by atoms with Crippen molar-refractivity contribution in [3.63, 3.8) is 0 Å². The van der Waals surface area contributed by atoms with Crippen LogP contribution in [0.4, 0.5) is 5.69 Å². The van der Waals surface area contributed by atoms with Crippen LogP contribution in [0.25, 0.3) is 0 Å². The van der Waals surface area contributed by atoms with Gasteiger partial charge in [0.1, 0.15) is 0 Å². The molecule has 1 aliphatic carbocycles. The lowest BCUT2D eigenvalue weighted by atomic mass is 10.0. The van der Waals surface area contributed by atoms with E-state index in [9.17, 15) is 4.79 Å². The van der Waals surface area contributed by atoms with Gasteiger partial charge in [-0.1, -0.05) is 26.7 Å². The smallest absolute Gasteiger partial charge is 0.254 e. The molecule has 0 saturated heterocycles. The van der Waals surface area contributed by atoms with E-state index in [-0.39, 0.29) is 5.91 Å². The number of hydrogen-bond donors (Lipinski definition) is 2. The lowest BCUT2D eigenvalue weighted by Crippen LogP contribution is -2.41. The molecule has 1 fully saturated rings. The predicted molar refractivity (Wildman–Crippen MR) is 87.1 cm³/mol. The monoisotopic (exact) mass is 289 g/mol. The Labute approximate surface area is 127 Å². The average molecular weight is 289 g/mol. The minimum Gasteiger partial charge on any atom is -0.335 e. The van der Waals surface area contributed by atoms with E-state index in [0.29, 0.717) is 12.0 Å². The first-order valence-electron chi connectivity index (χ1n) is 7.91. The molecule has 1 amide bonds. The van der Waals surface area contributed by atoms with Crippen LogP contribution in [-0.2, 0) is 0 Å². The summed E-state index contributed by atoms with van der Waals surface area (Å²) in [5.74, 6) is 6.07. The van der Waals surface area contributed by atoms with Gasteiger partial charge in [0.2, 0.25) is 0 Å². The summed E-state index contributed by atoms with van der Waals surface area (Å²) in [5, 5.41) is 0. The number of anilines is 1. The molecule has 2 rings (SSSR count). The SMILES string of the molecule is Cc1cc(NN)ccc1C(=O)N(CC(C)C)C1CCCC1. The summed E-state index contributed by atoms with van der Waals surface area (Å²) in [4.78, 5) is 15.1. The number of carbonyl (C=O) groups excluding carboxylic acids is 1. The molecule has 0 aliphatic heterocycles. The number of nitrogens with one attached hydrogen (secondary N) is 1. The molecule has 1 aromatic carbocycles. The van der Waals surface area contributed by atoms with Gasteiger partial charge in [0.05, 0.1) is 0 Å². The number of hydrogen-bond acceptors (Lipinski definition) is 3. The Hall–Kier alpha value is -1.55. The zero-order valence-electron chi connectivity index (χ0n) is 13.4. The van der Waals surface area contributed by atoms with Crippen molar-refractivity contribution in [2.45, 2.75) is 52.5 Å². The molecule has 0 bridgehead atoms. The number of rotatable bonds is 5. The summed E-state index contributed by atoms with van der Waals surface area (Å²) in [5.41, 5.74) is 5.23. The normalized spacial score (nSPS) is 15.5. The van der Waals surface area contributed by atoms with E-state index in [2.05, 4.69) is 24.2 Å². The van der Waals surface area contributed by atoms with Crippen molar-refractivity contribution in [2.75, 3.05) is 12.0 Å². The summed E-state index contributed by atoms with van der Waals surface area (Å²) in [6.07, 6.45) is 4.75. The fourth-order valence-electron chi connectivity index (χ4n) is 3.16. The highest BCUT2D eigenvalue weighted by atomic mass is 16.2. The van der Waals surface area contributed by atoms with E-state index >= 15 is 0 Å². The first-order chi connectivity index (χ1) is 10.0. The Balaban J connectivity index is 2.24. The number of carbonyl (C=O) groups is 1. The third-order valence-electron chi connectivity index (χ3n) is 4.21. The minimum absolute atomic E-state index is 0.164. The Morgan fingerprint density at radius 3 is 2.57 bits per heavy atom. The van der Waals surface area contributed by atoms with E-state index in [1.54, 1.807) is 0 Å². The number of nitrogens with two attached hydrogens (primary N) is 1. The lowest BCUT2D eigenvalue weighted by Gasteiger charge is -2.31. The highest BCUT2D eigenvalue weighted by molar-refractivity contribution is 5.96. The van der Waals surface area contributed by atoms with Crippen LogP contribution in [0.1, 0.15) is 55.5 Å². The Morgan fingerprint density at radius 1 is 1.38 bits per heavy atom. The second-order valence-corrected chi connectivity index (χ2v) is 6.46. The van der Waals surface area contributed by atoms with Crippen molar-refractivity contribution in [2.24, 2.45) is 11.8 Å². The summed E-state index contributed by atoms with van der Waals surface area (Å²) < 4.78 is 0. The summed E-state index contributed by atoms with van der Waals surface area (Å²) in [7, 11) is 0. The number of aryl methyl sites for hydroxylation is 1. The van der Waals surface area contributed by atoms with E-state index in [1.165, 1.54) is 12.8 Å². The maximum atomic E-state index is 13.0. The van der Waals surface area contributed by atoms with Gasteiger partial charge in [0, 0.05) is 23.8 Å². The number of benzene rings is 1. The van der Waals surface area contributed by atoms with Gasteiger partial charge in [-0.05, 0) is 49.4 Å². The summed E-state index contributed by atoms with van der Waals surface area (Å²) in [6.45, 7) is 7.14. The van der Waals surface area contributed by atoms with Crippen molar-refractivity contribution in [3.05, 3.63) is 29.3 Å². The number of nitrogens with zero attached hydrogens (tertiary/aromatic N) is 1. The molecular weight excluding hydrogens is 262 g/mol. The molecule has 116 valence electrons. The van der Waals surface area contributed by atoms with Gasteiger partial charge in [-0.2, -0.15) is 0 Å². The van der Waals surface area contributed by atoms with Crippen LogP contribution in [0.5, 0.6) is 0 Å². The molecule has 4 nitrogen and oxygen atoms in total. The first kappa shape index (κ1) is 15.8. The first-order valence-corrected chi connectivity index (χ1v) is 7.91. The molecule has 0 aromatic heterocycles. The second kappa shape index (κ2) is 6.94. The molecule has 0 radical (unpaired) electrons. The van der Waals surface area contributed by atoms with Gasteiger partial charge in [-0.15, -0.1) is 0 Å². The quantitative estimate of drug-likeness (QED) is 0.646. The third-order valence-corrected chi connectivity index (χ3v) is 4.21. The van der Waals surface area contributed by atoms with Crippen LogP contribution < -0.4 is 11.3 Å². The molecular formula is C17H27N3O. The maximum Gasteiger partial charge on any atom is 0.254 e. The number of hydrazine groups is 1. The van der Waals surface area contributed by atoms with Crippen LogP contribution in [0.15, 0.2) is 18.2 Å². The Bertz CT molecular complexity index is 493. The van der Waals surface area contributed by atoms with Gasteiger partial charge >= 0.3 is 0 Å². The highest BCUT2D eigenvalue weighted by Crippen LogP contribution is 2.27. The number of amides is 1. The minimum atomic E-state index is 0.164. The Morgan fingerprint density at radius 2 is 2.05 bits per heavy atom. The zero-order valence-corrected chi connectivity index (χ0v) is 13.4. The Kier molecular flexibility index (Phi) is 5.23. The van der Waals surface area contributed by atoms with Crippen LogP contribution in [0.3, 0.4) is 0 Å². The largest absolute Gasteiger partial charge is 0.335 e. The fraction of sp³-hybridized carbons (Fsp3) is 0.588. The van der Waals surface area contributed by atoms with Crippen molar-refractivity contribution in [1.82, 2.24) is 4.90 Å². The number of nitrogen functional groups attached to an aromatic ring is 1. The van der Waals surface area contributed by atoms with Crippen molar-refractivity contribution < 1.29 is 4.79 Å². The van der Waals surface area contributed by atoms with Gasteiger partial charge < -0.3 is 10.3 Å². The molecule has 1 aromatic rings. The van der Waals surface area contributed by atoms with Gasteiger partial charge in [-0.3, -0.25) is 10.6 Å². The molecule has 0 unspecified atom stereocenters. The molecule has 4 heteroatoms. The molecule has 0 heterocycles. The average Bonchev–Trinajstić information content (AvgIpc) is 2.97. The predicted octanol–water partition coefficient (Wildman–Crippen LogP) is 3.32. The van der Waals surface area contributed by atoms with Crippen molar-refractivity contribution in [1.29, 1.82) is 0 Å². The van der Waals surface area contributed by atoms with Crippen LogP contribution in [0.2, 0.25) is 0 Å². The zero-order chi connectivity index (χ0) is 15.4. The third kappa shape index (κ3) is 3.76. The molecule has 0 spiro atoms. The van der Waals surface area contributed by atoms with Crippen LogP contribution >= 0.6 is 0 Å². The maximum absolute atomic E-state index is 13.0. The van der Waals surface area contributed by atoms with E-state index < -0.39 is 0 Å². The standard InChI is InChI=1S/C17H27N3O/c1-12(2)11-20(15-6-4-5-7-15)17(21)16-9-8-14(19-18)10-13(16)3/h8-10,12,15,19H,4-7,11,18H2,1-3H3. The molecule has 21 heavy (non-hydrogen) atoms. The topological polar surface area (TPSA) is 58.4 Å². The lowest BCUT2D eigenvalue weighted by molar-refractivity contribution is 0.0655.